The van der Waals surface area contributed by atoms with E-state index in [0.29, 0.717) is 5.69 Å². The molecule has 7 heteroatoms. The van der Waals surface area contributed by atoms with Crippen LogP contribution in [0.1, 0.15) is 11.3 Å². The van der Waals surface area contributed by atoms with Crippen LogP contribution in [0.2, 0.25) is 0 Å². The third-order valence-corrected chi connectivity index (χ3v) is 4.12. The average molecular weight is 269 g/mol. The Morgan fingerprint density at radius 1 is 1.65 bits per heavy atom. The van der Waals surface area contributed by atoms with Crippen molar-refractivity contribution in [2.75, 3.05) is 0 Å². The van der Waals surface area contributed by atoms with Crippen LogP contribution in [-0.2, 0) is 24.0 Å². The van der Waals surface area contributed by atoms with Crippen LogP contribution in [0.3, 0.4) is 0 Å². The third-order valence-electron chi connectivity index (χ3n) is 1.98. The number of hydrogen-bond donors (Lipinski definition) is 1. The number of carbonyl (C=O) groups is 1. The van der Waals surface area contributed by atoms with E-state index in [0.717, 1.165) is 15.7 Å². The van der Waals surface area contributed by atoms with Crippen molar-refractivity contribution in [1.82, 2.24) is 14.8 Å². The molecule has 0 aromatic carbocycles. The van der Waals surface area contributed by atoms with Crippen molar-refractivity contribution < 1.29 is 9.90 Å². The van der Waals surface area contributed by atoms with Crippen molar-refractivity contribution in [3.63, 3.8) is 0 Å². The fourth-order valence-corrected chi connectivity index (χ4v) is 3.04. The molecule has 2 heterocycles. The molecule has 0 spiro atoms. The lowest BCUT2D eigenvalue weighted by Crippen LogP contribution is -1.99. The molecule has 0 radical (unpaired) electrons. The standard InChI is InChI=1S/C10H11N3O2S2/c1-13-4-7(3-11-13)5-16-10-12-8(6-17-10)2-9(14)15/h3-4,6H,2,5H2,1H3,(H,14,15). The van der Waals surface area contributed by atoms with E-state index in [4.69, 9.17) is 5.11 Å². The maximum absolute atomic E-state index is 10.5. The van der Waals surface area contributed by atoms with Crippen LogP contribution in [-0.4, -0.2) is 25.8 Å². The van der Waals surface area contributed by atoms with Crippen LogP contribution in [0, 0.1) is 0 Å². The van der Waals surface area contributed by atoms with Gasteiger partial charge in [0, 0.05) is 29.9 Å². The minimum Gasteiger partial charge on any atom is -0.481 e. The highest BCUT2D eigenvalue weighted by Crippen LogP contribution is 2.26. The Morgan fingerprint density at radius 3 is 3.12 bits per heavy atom. The number of aliphatic carboxylic acids is 1. The first-order chi connectivity index (χ1) is 8.13. The van der Waals surface area contributed by atoms with Crippen LogP contribution in [0.5, 0.6) is 0 Å². The zero-order valence-electron chi connectivity index (χ0n) is 9.16. The second kappa shape index (κ2) is 5.33. The van der Waals surface area contributed by atoms with Gasteiger partial charge >= 0.3 is 5.97 Å². The fourth-order valence-electron chi connectivity index (χ4n) is 1.28. The Labute approximate surface area is 106 Å². The first-order valence-electron chi connectivity index (χ1n) is 4.90. The highest BCUT2D eigenvalue weighted by Gasteiger charge is 2.07. The zero-order valence-corrected chi connectivity index (χ0v) is 10.8. The van der Waals surface area contributed by atoms with Gasteiger partial charge in [0.15, 0.2) is 0 Å². The van der Waals surface area contributed by atoms with Gasteiger partial charge in [-0.05, 0) is 0 Å². The van der Waals surface area contributed by atoms with E-state index in [9.17, 15) is 4.79 Å². The fraction of sp³-hybridized carbons (Fsp3) is 0.300. The molecule has 17 heavy (non-hydrogen) atoms. The maximum atomic E-state index is 10.5. The molecule has 0 saturated carbocycles. The predicted octanol–water partition coefficient (Wildman–Crippen LogP) is 1.80. The van der Waals surface area contributed by atoms with Crippen molar-refractivity contribution >= 4 is 29.1 Å². The van der Waals surface area contributed by atoms with Gasteiger partial charge in [0.2, 0.25) is 0 Å². The van der Waals surface area contributed by atoms with Crippen molar-refractivity contribution in [3.8, 4) is 0 Å². The Kier molecular flexibility index (Phi) is 3.80. The van der Waals surface area contributed by atoms with E-state index in [1.165, 1.54) is 11.3 Å². The molecule has 0 bridgehead atoms. The van der Waals surface area contributed by atoms with Gasteiger partial charge in [-0.25, -0.2) is 4.98 Å². The molecule has 90 valence electrons. The Balaban J connectivity index is 1.91. The molecule has 0 amide bonds. The van der Waals surface area contributed by atoms with Gasteiger partial charge < -0.3 is 5.11 Å². The van der Waals surface area contributed by atoms with Crippen LogP contribution in [0.15, 0.2) is 22.1 Å². The van der Waals surface area contributed by atoms with E-state index in [-0.39, 0.29) is 6.42 Å². The molecule has 2 rings (SSSR count). The highest BCUT2D eigenvalue weighted by molar-refractivity contribution is 8.00. The van der Waals surface area contributed by atoms with E-state index in [1.54, 1.807) is 21.8 Å². The van der Waals surface area contributed by atoms with Crippen molar-refractivity contribution in [2.45, 2.75) is 16.5 Å². The molecule has 0 aliphatic heterocycles. The monoisotopic (exact) mass is 269 g/mol. The summed E-state index contributed by atoms with van der Waals surface area (Å²) in [4.78, 5) is 14.8. The molecule has 0 atom stereocenters. The molecule has 5 nitrogen and oxygen atoms in total. The van der Waals surface area contributed by atoms with E-state index in [2.05, 4.69) is 10.1 Å². The summed E-state index contributed by atoms with van der Waals surface area (Å²) in [5, 5.41) is 14.5. The summed E-state index contributed by atoms with van der Waals surface area (Å²) in [6.07, 6.45) is 3.77. The van der Waals surface area contributed by atoms with Crippen LogP contribution < -0.4 is 0 Å². The lowest BCUT2D eigenvalue weighted by atomic mass is 10.3. The normalized spacial score (nSPS) is 10.6. The molecule has 2 aromatic rings. The van der Waals surface area contributed by atoms with E-state index >= 15 is 0 Å². The summed E-state index contributed by atoms with van der Waals surface area (Å²) in [6, 6.07) is 0. The number of nitrogens with zero attached hydrogens (tertiary/aromatic N) is 3. The van der Waals surface area contributed by atoms with Gasteiger partial charge in [-0.2, -0.15) is 5.10 Å². The summed E-state index contributed by atoms with van der Waals surface area (Å²) in [7, 11) is 1.88. The average Bonchev–Trinajstić information content (AvgIpc) is 2.84. The molecule has 1 N–H and O–H groups in total. The number of carboxylic acid groups (broad SMARTS) is 1. The molecular formula is C10H11N3O2S2. The minimum absolute atomic E-state index is 0.00997. The third kappa shape index (κ3) is 3.57. The quantitative estimate of drug-likeness (QED) is 0.838. The Hall–Kier alpha value is -1.34. The Bertz CT molecular complexity index is 521. The largest absolute Gasteiger partial charge is 0.481 e. The smallest absolute Gasteiger partial charge is 0.309 e. The van der Waals surface area contributed by atoms with Crippen molar-refractivity contribution in [3.05, 3.63) is 29.0 Å². The highest BCUT2D eigenvalue weighted by atomic mass is 32.2. The second-order valence-corrected chi connectivity index (χ2v) is 5.57. The molecule has 0 aliphatic carbocycles. The SMILES string of the molecule is Cn1cc(CSc2nc(CC(=O)O)cs2)cn1. The summed E-state index contributed by atoms with van der Waals surface area (Å²) < 4.78 is 2.65. The van der Waals surface area contributed by atoms with E-state index < -0.39 is 5.97 Å². The van der Waals surface area contributed by atoms with Crippen molar-refractivity contribution in [2.24, 2.45) is 7.05 Å². The zero-order chi connectivity index (χ0) is 12.3. The number of aryl methyl sites for hydroxylation is 1. The number of carboxylic acids is 1. The second-order valence-electron chi connectivity index (χ2n) is 3.49. The predicted molar refractivity (Wildman–Crippen MR) is 66.2 cm³/mol. The van der Waals surface area contributed by atoms with Gasteiger partial charge in [0.1, 0.15) is 4.34 Å². The summed E-state index contributed by atoms with van der Waals surface area (Å²) in [5.74, 6) is -0.0486. The first kappa shape index (κ1) is 12.1. The van der Waals surface area contributed by atoms with Crippen LogP contribution in [0.25, 0.3) is 0 Å². The number of hydrogen-bond acceptors (Lipinski definition) is 5. The molecular weight excluding hydrogens is 258 g/mol. The number of thioether (sulfide) groups is 1. The van der Waals surface area contributed by atoms with Crippen LogP contribution >= 0.6 is 23.1 Å². The molecule has 0 fully saturated rings. The first-order valence-corrected chi connectivity index (χ1v) is 6.76. The summed E-state index contributed by atoms with van der Waals surface area (Å²) in [6.45, 7) is 0. The minimum atomic E-state index is -0.848. The lowest BCUT2D eigenvalue weighted by Gasteiger charge is -1.93. The number of rotatable bonds is 5. The maximum Gasteiger partial charge on any atom is 0.309 e. The van der Waals surface area contributed by atoms with Gasteiger partial charge in [-0.1, -0.05) is 11.8 Å². The van der Waals surface area contributed by atoms with Gasteiger partial charge in [-0.3, -0.25) is 9.48 Å². The number of thiazole rings is 1. The molecule has 0 aliphatic rings. The van der Waals surface area contributed by atoms with E-state index in [1.807, 2.05) is 19.4 Å². The molecule has 2 aromatic heterocycles. The molecule has 0 saturated heterocycles. The summed E-state index contributed by atoms with van der Waals surface area (Å²) >= 11 is 3.07. The van der Waals surface area contributed by atoms with Crippen molar-refractivity contribution in [1.29, 1.82) is 0 Å². The Morgan fingerprint density at radius 2 is 2.47 bits per heavy atom. The number of aromatic nitrogens is 3. The van der Waals surface area contributed by atoms with Crippen LogP contribution in [0.4, 0.5) is 0 Å². The molecule has 0 unspecified atom stereocenters. The topological polar surface area (TPSA) is 68.0 Å². The van der Waals surface area contributed by atoms with Gasteiger partial charge in [0.25, 0.3) is 0 Å². The lowest BCUT2D eigenvalue weighted by molar-refractivity contribution is -0.136. The van der Waals surface area contributed by atoms with Gasteiger partial charge in [-0.15, -0.1) is 11.3 Å². The van der Waals surface area contributed by atoms with Gasteiger partial charge in [0.05, 0.1) is 18.3 Å². The summed E-state index contributed by atoms with van der Waals surface area (Å²) in [5.41, 5.74) is 1.75.